The van der Waals surface area contributed by atoms with Crippen LogP contribution in [0.1, 0.15) is 42.9 Å². The second-order valence-corrected chi connectivity index (χ2v) is 9.72. The molecule has 0 spiro atoms. The third-order valence-corrected chi connectivity index (χ3v) is 8.01. The number of carbonyl (C=O) groups is 3. The molecule has 1 aromatic rings. The summed E-state index contributed by atoms with van der Waals surface area (Å²) in [5, 5.41) is 16.2. The van der Waals surface area contributed by atoms with Gasteiger partial charge >= 0.3 is 0 Å². The van der Waals surface area contributed by atoms with Crippen LogP contribution in [-0.4, -0.2) is 53.0 Å². The summed E-state index contributed by atoms with van der Waals surface area (Å²) in [6, 6.07) is 5.88. The number of likely N-dealkylation sites (tertiary alicyclic amines) is 1. The monoisotopic (exact) mass is 425 g/mol. The average Bonchev–Trinajstić information content (AvgIpc) is 3.45. The Morgan fingerprint density at radius 2 is 1.90 bits per heavy atom. The maximum atomic E-state index is 12.8. The minimum absolute atomic E-state index is 0.00191. The van der Waals surface area contributed by atoms with Gasteiger partial charge in [0, 0.05) is 24.2 Å². The van der Waals surface area contributed by atoms with Crippen molar-refractivity contribution >= 4 is 23.4 Å². The molecule has 4 bridgehead atoms. The van der Waals surface area contributed by atoms with Crippen molar-refractivity contribution in [1.82, 2.24) is 10.2 Å². The third-order valence-electron chi connectivity index (χ3n) is 8.01. The van der Waals surface area contributed by atoms with Gasteiger partial charge in [-0.15, -0.1) is 0 Å². The summed E-state index contributed by atoms with van der Waals surface area (Å²) < 4.78 is 5.78. The largest absolute Gasteiger partial charge is 0.389 e. The summed E-state index contributed by atoms with van der Waals surface area (Å²) in [5.74, 6) is -0.346. The van der Waals surface area contributed by atoms with Crippen LogP contribution in [0.15, 0.2) is 18.2 Å². The van der Waals surface area contributed by atoms with Crippen LogP contribution in [0.4, 0.5) is 5.69 Å². The Bertz CT molecular complexity index is 937. The van der Waals surface area contributed by atoms with Crippen LogP contribution in [-0.2, 0) is 25.7 Å². The zero-order valence-electron chi connectivity index (χ0n) is 17.3. The number of hydrogen-bond acceptors (Lipinski definition) is 6. The molecule has 8 nitrogen and oxygen atoms in total. The first-order chi connectivity index (χ1) is 15.0. The highest BCUT2D eigenvalue weighted by atomic mass is 16.5. The summed E-state index contributed by atoms with van der Waals surface area (Å²) in [6.07, 6.45) is 3.20. The number of carbonyl (C=O) groups excluding carboxylic acids is 3. The van der Waals surface area contributed by atoms with Crippen molar-refractivity contribution in [2.75, 3.05) is 18.5 Å². The number of ether oxygens (including phenoxy) is 1. The number of imide groups is 1. The standard InChI is InChI=1S/C23H27N3O5/c27-17-10-31-18-7-16(17)25-15-4-1-11(5-14(15)18)8-24-19(28)9-26-22(29)20-12-2-3-13(6-12)21(20)23(26)30/h1,4-5,12-13,16-18,20-21,25,27H,2-3,6-10H2,(H,24,28)/t12-,13+,16-,17+,18+,20-,21+/m0/s1. The highest BCUT2D eigenvalue weighted by molar-refractivity contribution is 6.08. The van der Waals surface area contributed by atoms with Gasteiger partial charge in [0.2, 0.25) is 17.7 Å². The Balaban J connectivity index is 1.09. The van der Waals surface area contributed by atoms with Gasteiger partial charge in [0.15, 0.2) is 0 Å². The highest BCUT2D eigenvalue weighted by Gasteiger charge is 2.60. The molecular formula is C23H27N3O5. The molecule has 164 valence electrons. The molecule has 0 unspecified atom stereocenters. The van der Waals surface area contributed by atoms with E-state index in [2.05, 4.69) is 10.6 Å². The Morgan fingerprint density at radius 3 is 2.65 bits per heavy atom. The Morgan fingerprint density at radius 1 is 1.16 bits per heavy atom. The van der Waals surface area contributed by atoms with Gasteiger partial charge in [-0.1, -0.05) is 6.07 Å². The minimum Gasteiger partial charge on any atom is -0.389 e. The summed E-state index contributed by atoms with van der Waals surface area (Å²) in [7, 11) is 0. The van der Waals surface area contributed by atoms with Gasteiger partial charge in [-0.25, -0.2) is 0 Å². The van der Waals surface area contributed by atoms with E-state index in [1.54, 1.807) is 0 Å². The van der Waals surface area contributed by atoms with E-state index in [1.807, 2.05) is 18.2 Å². The van der Waals surface area contributed by atoms with Crippen molar-refractivity contribution in [1.29, 1.82) is 0 Å². The Labute approximate surface area is 180 Å². The lowest BCUT2D eigenvalue weighted by Crippen LogP contribution is -2.46. The molecule has 3 aliphatic heterocycles. The number of fused-ring (bicyclic) bond motifs is 9. The molecular weight excluding hydrogens is 398 g/mol. The van der Waals surface area contributed by atoms with E-state index in [0.29, 0.717) is 31.4 Å². The van der Waals surface area contributed by atoms with Crippen LogP contribution in [0.5, 0.6) is 0 Å². The van der Waals surface area contributed by atoms with E-state index >= 15 is 0 Å². The van der Waals surface area contributed by atoms with Gasteiger partial charge in [-0.05, 0) is 48.8 Å². The smallest absolute Gasteiger partial charge is 0.240 e. The van der Waals surface area contributed by atoms with Gasteiger partial charge in [-0.2, -0.15) is 0 Å². The van der Waals surface area contributed by atoms with Crippen LogP contribution in [0, 0.1) is 23.7 Å². The van der Waals surface area contributed by atoms with Gasteiger partial charge in [-0.3, -0.25) is 19.3 Å². The lowest BCUT2D eigenvalue weighted by atomic mass is 9.81. The summed E-state index contributed by atoms with van der Waals surface area (Å²) in [4.78, 5) is 39.3. The minimum atomic E-state index is -0.505. The van der Waals surface area contributed by atoms with Crippen LogP contribution >= 0.6 is 0 Å². The number of nitrogens with zero attached hydrogens (tertiary/aromatic N) is 1. The maximum absolute atomic E-state index is 12.8. The van der Waals surface area contributed by atoms with E-state index < -0.39 is 6.10 Å². The number of anilines is 1. The SMILES string of the molecule is O=C(CN1C(=O)[C@@H]2[C@@H]3CC[C@@H](C3)[C@@H]2C1=O)NCc1ccc2c(c1)[C@H]1C[C@H](N2)[C@H](O)CO1. The molecule has 5 aliphatic rings. The Hall–Kier alpha value is -2.45. The molecule has 8 heteroatoms. The molecule has 1 aromatic carbocycles. The van der Waals surface area contributed by atoms with Gasteiger partial charge in [0.1, 0.15) is 6.54 Å². The first-order valence-electron chi connectivity index (χ1n) is 11.3. The molecule has 3 N–H and O–H groups in total. The molecule has 7 atom stereocenters. The lowest BCUT2D eigenvalue weighted by Gasteiger charge is -2.40. The first-order valence-corrected chi connectivity index (χ1v) is 11.3. The normalized spacial score (nSPS) is 37.5. The lowest BCUT2D eigenvalue weighted by molar-refractivity contribution is -0.144. The number of hydrogen-bond donors (Lipinski definition) is 3. The molecule has 3 heterocycles. The quantitative estimate of drug-likeness (QED) is 0.620. The molecule has 2 saturated heterocycles. The molecule has 6 rings (SSSR count). The van der Waals surface area contributed by atoms with Gasteiger partial charge in [0.25, 0.3) is 0 Å². The molecule has 3 amide bonds. The van der Waals surface area contributed by atoms with E-state index in [4.69, 9.17) is 4.74 Å². The number of aliphatic hydroxyl groups is 1. The first kappa shape index (κ1) is 19.3. The number of rotatable bonds is 4. The van der Waals surface area contributed by atoms with Crippen molar-refractivity contribution < 1.29 is 24.2 Å². The van der Waals surface area contributed by atoms with Gasteiger partial charge in [0.05, 0.1) is 36.7 Å². The van der Waals surface area contributed by atoms with Crippen molar-refractivity contribution in [3.8, 4) is 0 Å². The molecule has 2 aliphatic carbocycles. The topological polar surface area (TPSA) is 108 Å². The summed E-state index contributed by atoms with van der Waals surface area (Å²) in [6.45, 7) is 0.436. The zero-order valence-corrected chi connectivity index (χ0v) is 17.3. The maximum Gasteiger partial charge on any atom is 0.240 e. The molecule has 0 radical (unpaired) electrons. The molecule has 4 fully saturated rings. The predicted molar refractivity (Wildman–Crippen MR) is 110 cm³/mol. The van der Waals surface area contributed by atoms with Crippen molar-refractivity contribution in [2.24, 2.45) is 23.7 Å². The van der Waals surface area contributed by atoms with Gasteiger partial charge < -0.3 is 20.5 Å². The van der Waals surface area contributed by atoms with E-state index in [9.17, 15) is 19.5 Å². The van der Waals surface area contributed by atoms with Crippen LogP contribution in [0.3, 0.4) is 0 Å². The molecule has 2 saturated carbocycles. The summed E-state index contributed by atoms with van der Waals surface area (Å²) in [5.41, 5.74) is 2.91. The third kappa shape index (κ3) is 2.99. The fourth-order valence-corrected chi connectivity index (χ4v) is 6.50. The fraction of sp³-hybridized carbons (Fsp3) is 0.609. The molecule has 0 aromatic heterocycles. The van der Waals surface area contributed by atoms with Crippen LogP contribution < -0.4 is 10.6 Å². The van der Waals surface area contributed by atoms with Crippen LogP contribution in [0.2, 0.25) is 0 Å². The van der Waals surface area contributed by atoms with E-state index in [1.165, 1.54) is 4.90 Å². The van der Waals surface area contributed by atoms with Crippen molar-refractivity contribution in [3.05, 3.63) is 29.3 Å². The second-order valence-electron chi connectivity index (χ2n) is 9.72. The number of aliphatic hydroxyl groups excluding tert-OH is 1. The van der Waals surface area contributed by atoms with Crippen molar-refractivity contribution in [3.63, 3.8) is 0 Å². The molecule has 31 heavy (non-hydrogen) atoms. The van der Waals surface area contributed by atoms with E-state index in [-0.39, 0.29) is 48.2 Å². The zero-order chi connectivity index (χ0) is 21.3. The second kappa shape index (κ2) is 7.03. The van der Waals surface area contributed by atoms with Crippen molar-refractivity contribution in [2.45, 2.75) is 50.5 Å². The predicted octanol–water partition coefficient (Wildman–Crippen LogP) is 0.950. The summed E-state index contributed by atoms with van der Waals surface area (Å²) >= 11 is 0. The number of amides is 3. The fourth-order valence-electron chi connectivity index (χ4n) is 6.50. The average molecular weight is 425 g/mol. The Kier molecular flexibility index (Phi) is 4.37. The van der Waals surface area contributed by atoms with Crippen LogP contribution in [0.25, 0.3) is 0 Å². The number of benzene rings is 1. The van der Waals surface area contributed by atoms with E-state index in [0.717, 1.165) is 36.1 Å². The highest BCUT2D eigenvalue weighted by Crippen LogP contribution is 2.56. The number of nitrogens with one attached hydrogen (secondary N) is 2.